The van der Waals surface area contributed by atoms with Gasteiger partial charge >= 0.3 is 0 Å². The maximum Gasteiger partial charge on any atom is 0.262 e. The predicted octanol–water partition coefficient (Wildman–Crippen LogP) is 3.65. The van der Waals surface area contributed by atoms with Crippen LogP contribution in [0.1, 0.15) is 25.7 Å². The second-order valence-corrected chi connectivity index (χ2v) is 10.0. The number of ether oxygens (including phenoxy) is 3. The van der Waals surface area contributed by atoms with E-state index in [-0.39, 0.29) is 23.1 Å². The Hall–Kier alpha value is -2.94. The number of hydrogen-bond donors (Lipinski definition) is 1. The van der Waals surface area contributed by atoms with Crippen molar-refractivity contribution in [3.8, 4) is 11.4 Å². The minimum absolute atomic E-state index is 0.134. The van der Waals surface area contributed by atoms with Crippen LogP contribution in [0.2, 0.25) is 0 Å². The van der Waals surface area contributed by atoms with E-state index in [1.54, 1.807) is 18.3 Å². The van der Waals surface area contributed by atoms with Crippen LogP contribution in [0.3, 0.4) is 0 Å². The zero-order valence-electron chi connectivity index (χ0n) is 20.4. The number of hydrogen-bond acceptors (Lipinski definition) is 6. The highest BCUT2D eigenvalue weighted by Crippen LogP contribution is 2.32. The van der Waals surface area contributed by atoms with Crippen LogP contribution in [0, 0.1) is 5.82 Å². The van der Waals surface area contributed by atoms with Crippen LogP contribution in [-0.4, -0.2) is 62.3 Å². The van der Waals surface area contributed by atoms with Gasteiger partial charge in [-0.1, -0.05) is 0 Å². The number of aromatic nitrogens is 1. The number of nitrogens with zero attached hydrogens (tertiary/aromatic N) is 2. The number of halogens is 1. The largest absolute Gasteiger partial charge is 0.491 e. The summed E-state index contributed by atoms with van der Waals surface area (Å²) >= 11 is 0. The monoisotopic (exact) mass is 493 g/mol. The van der Waals surface area contributed by atoms with Crippen molar-refractivity contribution >= 4 is 16.5 Å². The molecule has 0 radical (unpaired) electrons. The van der Waals surface area contributed by atoms with E-state index in [0.29, 0.717) is 48.8 Å². The third kappa shape index (κ3) is 4.61. The quantitative estimate of drug-likeness (QED) is 0.586. The van der Waals surface area contributed by atoms with Crippen molar-refractivity contribution in [2.75, 3.05) is 50.9 Å². The first-order chi connectivity index (χ1) is 17.6. The zero-order chi connectivity index (χ0) is 24.5. The SMILES string of the molecule is O=c1c2ccc(OC[C@H]3CCCO3)cc2ccn1-c1ccc(N2CCOC3(CCNCC3)C2)c(F)c1. The van der Waals surface area contributed by atoms with Gasteiger partial charge in [0.1, 0.15) is 18.2 Å². The third-order valence-corrected chi connectivity index (χ3v) is 7.65. The Morgan fingerprint density at radius 1 is 1.11 bits per heavy atom. The summed E-state index contributed by atoms with van der Waals surface area (Å²) in [7, 11) is 0. The van der Waals surface area contributed by atoms with Crippen LogP contribution < -0.4 is 20.5 Å². The molecule has 36 heavy (non-hydrogen) atoms. The summed E-state index contributed by atoms with van der Waals surface area (Å²) in [5.41, 5.74) is 0.662. The third-order valence-electron chi connectivity index (χ3n) is 7.65. The molecule has 3 fully saturated rings. The molecule has 0 saturated carbocycles. The Bertz CT molecular complexity index is 1290. The molecular weight excluding hydrogens is 461 g/mol. The van der Waals surface area contributed by atoms with Crippen molar-refractivity contribution in [1.82, 2.24) is 9.88 Å². The fourth-order valence-electron chi connectivity index (χ4n) is 5.62. The average Bonchev–Trinajstić information content (AvgIpc) is 3.42. The van der Waals surface area contributed by atoms with E-state index in [9.17, 15) is 4.79 Å². The molecule has 0 aliphatic carbocycles. The Morgan fingerprint density at radius 3 is 2.81 bits per heavy atom. The molecule has 1 atom stereocenters. The van der Waals surface area contributed by atoms with E-state index < -0.39 is 0 Å². The van der Waals surface area contributed by atoms with Crippen LogP contribution in [-0.2, 0) is 9.47 Å². The van der Waals surface area contributed by atoms with Crippen LogP contribution in [0.4, 0.5) is 10.1 Å². The van der Waals surface area contributed by atoms with Gasteiger partial charge in [-0.3, -0.25) is 9.36 Å². The van der Waals surface area contributed by atoms with Crippen LogP contribution in [0.15, 0.2) is 53.5 Å². The topological polar surface area (TPSA) is 65.0 Å². The molecular formula is C28H32FN3O4. The smallest absolute Gasteiger partial charge is 0.262 e. The van der Waals surface area contributed by atoms with Crippen molar-refractivity contribution in [3.63, 3.8) is 0 Å². The van der Waals surface area contributed by atoms with Crippen molar-refractivity contribution < 1.29 is 18.6 Å². The van der Waals surface area contributed by atoms with Gasteiger partial charge in [-0.25, -0.2) is 4.39 Å². The van der Waals surface area contributed by atoms with E-state index in [1.807, 2.05) is 24.3 Å². The lowest BCUT2D eigenvalue weighted by atomic mass is 9.90. The number of fused-ring (bicyclic) bond motifs is 1. The van der Waals surface area contributed by atoms with Gasteiger partial charge in [0.05, 0.1) is 29.7 Å². The minimum atomic E-state index is -0.330. The summed E-state index contributed by atoms with van der Waals surface area (Å²) < 4.78 is 34.5. The second kappa shape index (κ2) is 9.84. The van der Waals surface area contributed by atoms with E-state index in [0.717, 1.165) is 50.8 Å². The molecule has 0 unspecified atom stereocenters. The second-order valence-electron chi connectivity index (χ2n) is 10.0. The van der Waals surface area contributed by atoms with E-state index >= 15 is 4.39 Å². The molecule has 1 spiro atoms. The molecule has 1 N–H and O–H groups in total. The Balaban J connectivity index is 1.22. The van der Waals surface area contributed by atoms with E-state index in [1.165, 1.54) is 10.6 Å². The lowest BCUT2D eigenvalue weighted by molar-refractivity contribution is -0.0739. The van der Waals surface area contributed by atoms with Crippen LogP contribution >= 0.6 is 0 Å². The van der Waals surface area contributed by atoms with Gasteiger partial charge in [0.2, 0.25) is 0 Å². The fourth-order valence-corrected chi connectivity index (χ4v) is 5.62. The summed E-state index contributed by atoms with van der Waals surface area (Å²) in [6, 6.07) is 12.4. The average molecular weight is 494 g/mol. The summed E-state index contributed by atoms with van der Waals surface area (Å²) in [5, 5.41) is 4.72. The molecule has 0 amide bonds. The van der Waals surface area contributed by atoms with Crippen LogP contribution in [0.25, 0.3) is 16.5 Å². The Labute approximate surface area is 209 Å². The number of nitrogens with one attached hydrogen (secondary N) is 1. The first-order valence-electron chi connectivity index (χ1n) is 12.9. The number of morpholine rings is 1. The zero-order valence-corrected chi connectivity index (χ0v) is 20.4. The molecule has 3 saturated heterocycles. The molecule has 6 rings (SSSR count). The van der Waals surface area contributed by atoms with E-state index in [4.69, 9.17) is 14.2 Å². The van der Waals surface area contributed by atoms with Gasteiger partial charge in [-0.15, -0.1) is 0 Å². The van der Waals surface area contributed by atoms with Gasteiger partial charge in [0, 0.05) is 37.3 Å². The molecule has 190 valence electrons. The van der Waals surface area contributed by atoms with Crippen molar-refractivity contribution in [1.29, 1.82) is 0 Å². The Kier molecular flexibility index (Phi) is 6.41. The van der Waals surface area contributed by atoms with Gasteiger partial charge in [0.15, 0.2) is 0 Å². The number of piperidine rings is 1. The first kappa shape index (κ1) is 23.5. The minimum Gasteiger partial charge on any atom is -0.491 e. The molecule has 3 aliphatic heterocycles. The van der Waals surface area contributed by atoms with Crippen molar-refractivity contribution in [2.45, 2.75) is 37.4 Å². The predicted molar refractivity (Wildman–Crippen MR) is 137 cm³/mol. The molecule has 7 nitrogen and oxygen atoms in total. The number of benzene rings is 2. The van der Waals surface area contributed by atoms with E-state index in [2.05, 4.69) is 10.2 Å². The summed E-state index contributed by atoms with van der Waals surface area (Å²) in [6.07, 6.45) is 5.76. The fraction of sp³-hybridized carbons (Fsp3) is 0.464. The highest BCUT2D eigenvalue weighted by Gasteiger charge is 2.38. The first-order valence-corrected chi connectivity index (χ1v) is 12.9. The standard InChI is InChI=1S/C28H32FN3O4/c29-25-17-21(3-6-26(25)31-13-15-36-28(19-31)8-10-30-11-9-28)32-12-7-20-16-22(4-5-24(20)27(32)33)35-18-23-2-1-14-34-23/h3-7,12,16-17,23,30H,1-2,8-11,13-15,18-19H2/t23-/m1/s1. The molecule has 3 aromatic rings. The maximum atomic E-state index is 15.4. The molecule has 3 aliphatic rings. The summed E-state index contributed by atoms with van der Waals surface area (Å²) in [5.74, 6) is 0.380. The normalized spacial score (nSPS) is 21.8. The van der Waals surface area contributed by atoms with Gasteiger partial charge in [-0.2, -0.15) is 0 Å². The van der Waals surface area contributed by atoms with Crippen molar-refractivity contribution in [3.05, 3.63) is 64.8 Å². The molecule has 4 heterocycles. The number of pyridine rings is 1. The molecule has 2 aromatic carbocycles. The van der Waals surface area contributed by atoms with Crippen molar-refractivity contribution in [2.24, 2.45) is 0 Å². The molecule has 0 bridgehead atoms. The number of rotatable bonds is 5. The summed E-state index contributed by atoms with van der Waals surface area (Å²) in [4.78, 5) is 15.3. The number of anilines is 1. The maximum absolute atomic E-state index is 15.4. The van der Waals surface area contributed by atoms with Gasteiger partial charge < -0.3 is 24.4 Å². The molecule has 1 aromatic heterocycles. The lowest BCUT2D eigenvalue weighted by Crippen LogP contribution is -2.56. The Morgan fingerprint density at radius 2 is 2.00 bits per heavy atom. The lowest BCUT2D eigenvalue weighted by Gasteiger charge is -2.46. The van der Waals surface area contributed by atoms with Gasteiger partial charge in [0.25, 0.3) is 5.56 Å². The molecule has 8 heteroatoms. The van der Waals surface area contributed by atoms with Gasteiger partial charge in [-0.05, 0) is 80.6 Å². The van der Waals surface area contributed by atoms with Crippen LogP contribution in [0.5, 0.6) is 5.75 Å². The highest BCUT2D eigenvalue weighted by molar-refractivity contribution is 5.83. The summed E-state index contributed by atoms with van der Waals surface area (Å²) in [6.45, 7) is 5.06. The highest BCUT2D eigenvalue weighted by atomic mass is 19.1.